The number of nitrogens with one attached hydrogen (secondary N) is 1. The number of likely N-dealkylation sites (tertiary alicyclic amines) is 1. The Labute approximate surface area is 49.9 Å². The van der Waals surface area contributed by atoms with E-state index in [0.717, 1.165) is 6.04 Å². The summed E-state index contributed by atoms with van der Waals surface area (Å²) in [4.78, 5) is 2.50. The quantitative estimate of drug-likeness (QED) is 0.489. The highest BCUT2D eigenvalue weighted by Gasteiger charge is 2.27. The minimum Gasteiger partial charge on any atom is -0.314 e. The maximum atomic E-state index is 3.25. The minimum atomic E-state index is 0.875. The lowest BCUT2D eigenvalue weighted by atomic mass is 10.1. The predicted molar refractivity (Wildman–Crippen MR) is 32.5 cm³/mol. The van der Waals surface area contributed by atoms with Gasteiger partial charge in [-0.1, -0.05) is 0 Å². The molecule has 0 spiro atoms. The van der Waals surface area contributed by atoms with Crippen LogP contribution in [0.25, 0.3) is 0 Å². The van der Waals surface area contributed by atoms with Crippen molar-refractivity contribution in [3.8, 4) is 0 Å². The van der Waals surface area contributed by atoms with Crippen molar-refractivity contribution in [1.82, 2.24) is 10.2 Å². The molecule has 0 aromatic carbocycles. The predicted octanol–water partition coefficient (Wildman–Crippen LogP) is -0.522. The van der Waals surface area contributed by atoms with E-state index in [9.17, 15) is 0 Å². The van der Waals surface area contributed by atoms with Crippen molar-refractivity contribution in [1.29, 1.82) is 0 Å². The van der Waals surface area contributed by atoms with Crippen molar-refractivity contribution in [3.05, 3.63) is 6.42 Å². The minimum absolute atomic E-state index is 0.875. The largest absolute Gasteiger partial charge is 0.314 e. The lowest BCUT2D eigenvalue weighted by Gasteiger charge is -2.43. The second kappa shape index (κ2) is 1.71. The van der Waals surface area contributed by atoms with Crippen LogP contribution in [-0.4, -0.2) is 37.1 Å². The van der Waals surface area contributed by atoms with Gasteiger partial charge in [0.1, 0.15) is 0 Å². The van der Waals surface area contributed by atoms with Crippen molar-refractivity contribution >= 4 is 0 Å². The maximum Gasteiger partial charge on any atom is 0.0345 e. The fraction of sp³-hybridized carbons (Fsp3) is 0.833. The molecule has 1 N–H and O–H groups in total. The van der Waals surface area contributed by atoms with E-state index >= 15 is 0 Å². The normalized spacial score (nSPS) is 31.5. The molecular formula is C6H11N2. The molecule has 2 nitrogen and oxygen atoms in total. The van der Waals surface area contributed by atoms with Gasteiger partial charge >= 0.3 is 0 Å². The summed E-state index contributed by atoms with van der Waals surface area (Å²) in [6.45, 7) is 4.89. The molecule has 0 bridgehead atoms. The van der Waals surface area contributed by atoms with Crippen LogP contribution in [0.15, 0.2) is 0 Å². The van der Waals surface area contributed by atoms with Crippen LogP contribution < -0.4 is 5.32 Å². The summed E-state index contributed by atoms with van der Waals surface area (Å²) >= 11 is 0. The summed E-state index contributed by atoms with van der Waals surface area (Å²) in [6, 6.07) is 0.875. The highest BCUT2D eigenvalue weighted by Crippen LogP contribution is 2.12. The van der Waals surface area contributed by atoms with Crippen molar-refractivity contribution in [2.45, 2.75) is 6.04 Å². The molecule has 0 atom stereocenters. The Kier molecular flexibility index (Phi) is 1.02. The van der Waals surface area contributed by atoms with Crippen LogP contribution in [-0.2, 0) is 0 Å². The second-order valence-corrected chi connectivity index (χ2v) is 2.55. The molecule has 0 amide bonds. The van der Waals surface area contributed by atoms with Gasteiger partial charge in [0.25, 0.3) is 0 Å². The fourth-order valence-electron chi connectivity index (χ4n) is 1.11. The second-order valence-electron chi connectivity index (χ2n) is 2.55. The van der Waals surface area contributed by atoms with E-state index in [1.54, 1.807) is 0 Å². The smallest absolute Gasteiger partial charge is 0.0345 e. The average molecular weight is 111 g/mol. The first-order chi connectivity index (χ1) is 3.97. The Morgan fingerprint density at radius 2 is 2.12 bits per heavy atom. The van der Waals surface area contributed by atoms with Crippen LogP contribution in [0.1, 0.15) is 0 Å². The van der Waals surface area contributed by atoms with Gasteiger partial charge in [-0.3, -0.25) is 4.90 Å². The zero-order chi connectivity index (χ0) is 5.40. The van der Waals surface area contributed by atoms with Crippen LogP contribution in [0.3, 0.4) is 0 Å². The molecular weight excluding hydrogens is 100 g/mol. The molecule has 2 saturated heterocycles. The van der Waals surface area contributed by atoms with E-state index in [2.05, 4.69) is 16.6 Å². The maximum absolute atomic E-state index is 3.25. The third-order valence-electron chi connectivity index (χ3n) is 2.00. The summed E-state index contributed by atoms with van der Waals surface area (Å²) in [6.07, 6.45) is 2.32. The topological polar surface area (TPSA) is 15.3 Å². The SMILES string of the molecule is [CH]1CN(C2CNC2)C1. The fourth-order valence-corrected chi connectivity index (χ4v) is 1.11. The van der Waals surface area contributed by atoms with Crippen molar-refractivity contribution in [2.75, 3.05) is 26.2 Å². The van der Waals surface area contributed by atoms with E-state index in [1.165, 1.54) is 26.2 Å². The molecule has 0 aliphatic carbocycles. The van der Waals surface area contributed by atoms with Gasteiger partial charge in [0.2, 0.25) is 0 Å². The standard InChI is InChI=1S/C6H11N2/c1-2-8(3-1)6-4-7-5-6/h1,6-7H,2-5H2. The molecule has 2 heteroatoms. The van der Waals surface area contributed by atoms with Gasteiger partial charge in [-0.25, -0.2) is 0 Å². The Morgan fingerprint density at radius 1 is 1.38 bits per heavy atom. The summed E-state index contributed by atoms with van der Waals surface area (Å²) in [5, 5.41) is 3.25. The van der Waals surface area contributed by atoms with Crippen LogP contribution >= 0.6 is 0 Å². The van der Waals surface area contributed by atoms with Gasteiger partial charge < -0.3 is 5.32 Å². The molecule has 2 heterocycles. The van der Waals surface area contributed by atoms with E-state index in [0.29, 0.717) is 0 Å². The number of rotatable bonds is 1. The number of hydrogen-bond donors (Lipinski definition) is 1. The van der Waals surface area contributed by atoms with Gasteiger partial charge in [0, 0.05) is 32.2 Å². The molecule has 2 aliphatic rings. The molecule has 45 valence electrons. The number of nitrogens with zero attached hydrogens (tertiary/aromatic N) is 1. The van der Waals surface area contributed by atoms with Crippen molar-refractivity contribution in [2.24, 2.45) is 0 Å². The zero-order valence-corrected chi connectivity index (χ0v) is 4.93. The molecule has 0 unspecified atom stereocenters. The Hall–Kier alpha value is -0.0800. The highest BCUT2D eigenvalue weighted by atomic mass is 15.3. The molecule has 0 aromatic heterocycles. The van der Waals surface area contributed by atoms with Gasteiger partial charge in [-0.05, 0) is 6.42 Å². The molecule has 8 heavy (non-hydrogen) atoms. The molecule has 0 saturated carbocycles. The summed E-state index contributed by atoms with van der Waals surface area (Å²) in [7, 11) is 0. The van der Waals surface area contributed by atoms with Crippen LogP contribution in [0, 0.1) is 6.42 Å². The third-order valence-corrected chi connectivity index (χ3v) is 2.00. The Bertz CT molecular complexity index is 72.5. The lowest BCUT2D eigenvalue weighted by molar-refractivity contribution is 0.123. The van der Waals surface area contributed by atoms with Crippen molar-refractivity contribution < 1.29 is 0 Å². The van der Waals surface area contributed by atoms with Gasteiger partial charge in [-0.2, -0.15) is 0 Å². The Balaban J connectivity index is 1.79. The van der Waals surface area contributed by atoms with E-state index in [1.807, 2.05) is 0 Å². The van der Waals surface area contributed by atoms with E-state index in [4.69, 9.17) is 0 Å². The van der Waals surface area contributed by atoms with Gasteiger partial charge in [0.05, 0.1) is 0 Å². The van der Waals surface area contributed by atoms with E-state index < -0.39 is 0 Å². The lowest BCUT2D eigenvalue weighted by Crippen LogP contribution is -2.61. The first-order valence-electron chi connectivity index (χ1n) is 3.23. The molecule has 2 rings (SSSR count). The average Bonchev–Trinajstić information content (AvgIpc) is 1.47. The first-order valence-corrected chi connectivity index (χ1v) is 3.23. The molecule has 2 aliphatic heterocycles. The Morgan fingerprint density at radius 3 is 2.25 bits per heavy atom. The van der Waals surface area contributed by atoms with Crippen molar-refractivity contribution in [3.63, 3.8) is 0 Å². The molecule has 0 aromatic rings. The zero-order valence-electron chi connectivity index (χ0n) is 4.93. The van der Waals surface area contributed by atoms with Crippen LogP contribution in [0.5, 0.6) is 0 Å². The first kappa shape index (κ1) is 4.77. The highest BCUT2D eigenvalue weighted by molar-refractivity contribution is 4.95. The summed E-state index contributed by atoms with van der Waals surface area (Å²) < 4.78 is 0. The summed E-state index contributed by atoms with van der Waals surface area (Å²) in [5.41, 5.74) is 0. The third kappa shape index (κ3) is 0.565. The van der Waals surface area contributed by atoms with Gasteiger partial charge in [-0.15, -0.1) is 0 Å². The molecule has 1 radical (unpaired) electrons. The van der Waals surface area contributed by atoms with E-state index in [-0.39, 0.29) is 0 Å². The van der Waals surface area contributed by atoms with Gasteiger partial charge in [0.15, 0.2) is 0 Å². The van der Waals surface area contributed by atoms with Crippen LogP contribution in [0.4, 0.5) is 0 Å². The van der Waals surface area contributed by atoms with Crippen LogP contribution in [0.2, 0.25) is 0 Å². The monoisotopic (exact) mass is 111 g/mol. The number of hydrogen-bond acceptors (Lipinski definition) is 2. The summed E-state index contributed by atoms with van der Waals surface area (Å²) in [5.74, 6) is 0. The molecule has 2 fully saturated rings.